The molecule has 0 saturated heterocycles. The molecule has 0 spiro atoms. The molecule has 5 heteroatoms. The highest BCUT2D eigenvalue weighted by Gasteiger charge is 2.18. The smallest absolute Gasteiger partial charge is 0.190 e. The van der Waals surface area contributed by atoms with Gasteiger partial charge in [0.2, 0.25) is 0 Å². The van der Waals surface area contributed by atoms with Crippen LogP contribution in [0.1, 0.15) is 12.5 Å². The number of rotatable bonds is 4. The van der Waals surface area contributed by atoms with Gasteiger partial charge in [-0.1, -0.05) is 24.3 Å². The van der Waals surface area contributed by atoms with Crippen molar-refractivity contribution in [2.24, 2.45) is 0 Å². The van der Waals surface area contributed by atoms with E-state index >= 15 is 0 Å². The van der Waals surface area contributed by atoms with Crippen LogP contribution in [-0.4, -0.2) is 11.5 Å². The second kappa shape index (κ2) is 6.46. The zero-order chi connectivity index (χ0) is 16.4. The lowest BCUT2D eigenvalue weighted by atomic mass is 10.1. The SMILES string of the molecule is CCN(c1nc(-c2c(F)cccc2F)cs1)c1ccccc1C. The molecule has 0 aliphatic rings. The van der Waals surface area contributed by atoms with Gasteiger partial charge in [0.05, 0.1) is 11.3 Å². The fraction of sp³-hybridized carbons (Fsp3) is 0.167. The molecule has 0 aliphatic heterocycles. The average Bonchev–Trinajstić information content (AvgIpc) is 2.99. The fourth-order valence-electron chi connectivity index (χ4n) is 2.52. The van der Waals surface area contributed by atoms with Crippen molar-refractivity contribution in [3.63, 3.8) is 0 Å². The Bertz CT molecular complexity index is 809. The lowest BCUT2D eigenvalue weighted by molar-refractivity contribution is 0.589. The topological polar surface area (TPSA) is 16.1 Å². The number of para-hydroxylation sites is 1. The maximum Gasteiger partial charge on any atom is 0.190 e. The Morgan fingerprint density at radius 1 is 1.04 bits per heavy atom. The minimum absolute atomic E-state index is 0.0733. The van der Waals surface area contributed by atoms with Crippen LogP contribution in [0.25, 0.3) is 11.3 Å². The summed E-state index contributed by atoms with van der Waals surface area (Å²) in [4.78, 5) is 6.50. The van der Waals surface area contributed by atoms with Gasteiger partial charge < -0.3 is 4.90 Å². The number of anilines is 2. The molecule has 0 saturated carbocycles. The molecule has 3 rings (SSSR count). The van der Waals surface area contributed by atoms with Gasteiger partial charge in [-0.05, 0) is 37.6 Å². The van der Waals surface area contributed by atoms with Crippen LogP contribution in [0.5, 0.6) is 0 Å². The van der Waals surface area contributed by atoms with Crippen molar-refractivity contribution in [2.45, 2.75) is 13.8 Å². The first kappa shape index (κ1) is 15.6. The van der Waals surface area contributed by atoms with Crippen LogP contribution in [0, 0.1) is 18.6 Å². The average molecular weight is 330 g/mol. The molecule has 0 unspecified atom stereocenters. The monoisotopic (exact) mass is 330 g/mol. The molecule has 0 fully saturated rings. The molecule has 0 atom stereocenters. The van der Waals surface area contributed by atoms with Gasteiger partial charge in [0.25, 0.3) is 0 Å². The largest absolute Gasteiger partial charge is 0.318 e. The number of aromatic nitrogens is 1. The molecule has 0 amide bonds. The fourth-order valence-corrected chi connectivity index (χ4v) is 3.41. The Morgan fingerprint density at radius 2 is 1.74 bits per heavy atom. The van der Waals surface area contributed by atoms with Crippen LogP contribution < -0.4 is 4.90 Å². The van der Waals surface area contributed by atoms with E-state index in [0.29, 0.717) is 5.69 Å². The van der Waals surface area contributed by atoms with E-state index in [1.807, 2.05) is 43.0 Å². The highest BCUT2D eigenvalue weighted by atomic mass is 32.1. The Kier molecular flexibility index (Phi) is 4.39. The first-order valence-corrected chi connectivity index (χ1v) is 8.23. The van der Waals surface area contributed by atoms with Gasteiger partial charge in [-0.25, -0.2) is 13.8 Å². The first-order valence-electron chi connectivity index (χ1n) is 7.35. The van der Waals surface area contributed by atoms with E-state index in [0.717, 1.165) is 22.9 Å². The third-order valence-electron chi connectivity index (χ3n) is 3.66. The highest BCUT2D eigenvalue weighted by molar-refractivity contribution is 7.14. The van der Waals surface area contributed by atoms with Gasteiger partial charge in [0.1, 0.15) is 11.6 Å². The Labute approximate surface area is 138 Å². The van der Waals surface area contributed by atoms with Crippen LogP contribution in [0.3, 0.4) is 0 Å². The number of aryl methyl sites for hydroxylation is 1. The first-order chi connectivity index (χ1) is 11.1. The van der Waals surface area contributed by atoms with Gasteiger partial charge in [-0.3, -0.25) is 0 Å². The van der Waals surface area contributed by atoms with E-state index in [9.17, 15) is 8.78 Å². The van der Waals surface area contributed by atoms with E-state index in [2.05, 4.69) is 4.98 Å². The number of nitrogens with zero attached hydrogens (tertiary/aromatic N) is 2. The lowest BCUT2D eigenvalue weighted by Crippen LogP contribution is -2.16. The molecular weight excluding hydrogens is 314 g/mol. The van der Waals surface area contributed by atoms with Crippen molar-refractivity contribution in [3.8, 4) is 11.3 Å². The molecule has 0 aliphatic carbocycles. The van der Waals surface area contributed by atoms with Crippen LogP contribution in [0.4, 0.5) is 19.6 Å². The standard InChI is InChI=1S/C18H16F2N2S/c1-3-22(16-10-5-4-7-12(16)2)18-21-15(11-23-18)17-13(19)8-6-9-14(17)20/h4-11H,3H2,1-2H3. The third kappa shape index (κ3) is 2.97. The van der Waals surface area contributed by atoms with E-state index in [4.69, 9.17) is 0 Å². The second-order valence-corrected chi connectivity index (χ2v) is 5.98. The summed E-state index contributed by atoms with van der Waals surface area (Å²) >= 11 is 1.38. The minimum atomic E-state index is -0.596. The quantitative estimate of drug-likeness (QED) is 0.623. The third-order valence-corrected chi connectivity index (χ3v) is 4.53. The van der Waals surface area contributed by atoms with Gasteiger partial charge >= 0.3 is 0 Å². The number of hydrogen-bond donors (Lipinski definition) is 0. The zero-order valence-corrected chi connectivity index (χ0v) is 13.7. The number of halogens is 2. The lowest BCUT2D eigenvalue weighted by Gasteiger charge is -2.21. The molecule has 0 radical (unpaired) electrons. The molecule has 2 aromatic carbocycles. The predicted octanol–water partition coefficient (Wildman–Crippen LogP) is 5.55. The zero-order valence-electron chi connectivity index (χ0n) is 12.9. The molecule has 0 N–H and O–H groups in total. The van der Waals surface area contributed by atoms with Gasteiger partial charge in [0, 0.05) is 17.6 Å². The molecular formula is C18H16F2N2S. The summed E-state index contributed by atoms with van der Waals surface area (Å²) in [7, 11) is 0. The van der Waals surface area contributed by atoms with Crippen LogP contribution in [-0.2, 0) is 0 Å². The van der Waals surface area contributed by atoms with Crippen LogP contribution >= 0.6 is 11.3 Å². The molecule has 1 aromatic heterocycles. The Balaban J connectivity index is 2.03. The Hall–Kier alpha value is -2.27. The summed E-state index contributed by atoms with van der Waals surface area (Å²) < 4.78 is 27.9. The van der Waals surface area contributed by atoms with Crippen molar-refractivity contribution < 1.29 is 8.78 Å². The van der Waals surface area contributed by atoms with Gasteiger partial charge in [-0.2, -0.15) is 0 Å². The van der Waals surface area contributed by atoms with Gasteiger partial charge in [-0.15, -0.1) is 11.3 Å². The normalized spacial score (nSPS) is 10.8. The summed E-state index contributed by atoms with van der Waals surface area (Å²) in [5.41, 5.74) is 2.43. The summed E-state index contributed by atoms with van der Waals surface area (Å²) in [6, 6.07) is 11.8. The van der Waals surface area contributed by atoms with Crippen molar-refractivity contribution in [1.29, 1.82) is 0 Å². The van der Waals surface area contributed by atoms with E-state index in [1.165, 1.54) is 29.5 Å². The summed E-state index contributed by atoms with van der Waals surface area (Å²) in [6.07, 6.45) is 0. The Morgan fingerprint density at radius 3 is 2.39 bits per heavy atom. The summed E-state index contributed by atoms with van der Waals surface area (Å²) in [5.74, 6) is -1.19. The summed E-state index contributed by atoms with van der Waals surface area (Å²) in [5, 5.41) is 2.41. The molecule has 0 bridgehead atoms. The number of thiazole rings is 1. The minimum Gasteiger partial charge on any atom is -0.318 e. The van der Waals surface area contributed by atoms with E-state index in [-0.39, 0.29) is 5.56 Å². The van der Waals surface area contributed by atoms with Crippen LogP contribution in [0.15, 0.2) is 47.8 Å². The number of hydrogen-bond acceptors (Lipinski definition) is 3. The van der Waals surface area contributed by atoms with Crippen molar-refractivity contribution in [2.75, 3.05) is 11.4 Å². The number of benzene rings is 2. The van der Waals surface area contributed by atoms with Crippen molar-refractivity contribution >= 4 is 22.2 Å². The maximum atomic E-state index is 13.9. The molecule has 1 heterocycles. The van der Waals surface area contributed by atoms with E-state index < -0.39 is 11.6 Å². The van der Waals surface area contributed by atoms with Crippen LogP contribution in [0.2, 0.25) is 0 Å². The molecule has 118 valence electrons. The maximum absolute atomic E-state index is 13.9. The molecule has 23 heavy (non-hydrogen) atoms. The van der Waals surface area contributed by atoms with E-state index in [1.54, 1.807) is 5.38 Å². The second-order valence-electron chi connectivity index (χ2n) is 5.14. The highest BCUT2D eigenvalue weighted by Crippen LogP contribution is 2.34. The molecule has 3 aromatic rings. The van der Waals surface area contributed by atoms with Crippen molar-refractivity contribution in [1.82, 2.24) is 4.98 Å². The van der Waals surface area contributed by atoms with Gasteiger partial charge in [0.15, 0.2) is 5.13 Å². The molecule has 2 nitrogen and oxygen atoms in total. The summed E-state index contributed by atoms with van der Waals surface area (Å²) in [6.45, 7) is 4.78. The van der Waals surface area contributed by atoms with Crippen molar-refractivity contribution in [3.05, 3.63) is 65.0 Å². The predicted molar refractivity (Wildman–Crippen MR) is 91.3 cm³/mol.